The minimum Gasteiger partial charge on any atom is -0.389 e. The standard InChI is InChI=1S/C25H25N5O5S/c1-16(31)17-5-6-26-21(11-17)19-13-27-25(28-14-19)30-15-23(36(2,33)34)20-4-3-18(12-22(20)30)24(32)29-7-9-35-10-8-29/h3-6,11-16,31H,7-10H2,1-2H3. The van der Waals surface area contributed by atoms with Gasteiger partial charge < -0.3 is 14.7 Å². The molecule has 1 atom stereocenters. The number of hydrogen-bond donors (Lipinski definition) is 1. The summed E-state index contributed by atoms with van der Waals surface area (Å²) in [5.74, 6) is 0.107. The number of morpholine rings is 1. The van der Waals surface area contributed by atoms with Gasteiger partial charge in [-0.1, -0.05) is 6.07 Å². The second-order valence-corrected chi connectivity index (χ2v) is 10.7. The fourth-order valence-corrected chi connectivity index (χ4v) is 5.05. The van der Waals surface area contributed by atoms with Crippen LogP contribution in [0, 0.1) is 0 Å². The van der Waals surface area contributed by atoms with Gasteiger partial charge in [0.25, 0.3) is 5.91 Å². The van der Waals surface area contributed by atoms with Gasteiger partial charge in [0.1, 0.15) is 0 Å². The zero-order chi connectivity index (χ0) is 25.4. The minimum absolute atomic E-state index is 0.127. The Balaban J connectivity index is 1.57. The van der Waals surface area contributed by atoms with Crippen LogP contribution >= 0.6 is 0 Å². The number of nitrogens with zero attached hydrogens (tertiary/aromatic N) is 5. The van der Waals surface area contributed by atoms with Gasteiger partial charge in [0.2, 0.25) is 5.95 Å². The van der Waals surface area contributed by atoms with Crippen LogP contribution in [0.5, 0.6) is 0 Å². The maximum Gasteiger partial charge on any atom is 0.254 e. The van der Waals surface area contributed by atoms with Crippen LogP contribution in [-0.4, -0.2) is 76.4 Å². The van der Waals surface area contributed by atoms with Gasteiger partial charge in [-0.2, -0.15) is 0 Å². The van der Waals surface area contributed by atoms with Crippen LogP contribution in [-0.2, 0) is 14.6 Å². The number of aliphatic hydroxyl groups excluding tert-OH is 1. The average Bonchev–Trinajstić information content (AvgIpc) is 3.28. The molecule has 1 N–H and O–H groups in total. The smallest absolute Gasteiger partial charge is 0.254 e. The molecule has 1 aromatic carbocycles. The quantitative estimate of drug-likeness (QED) is 0.436. The van der Waals surface area contributed by atoms with Crippen molar-refractivity contribution in [1.29, 1.82) is 0 Å². The van der Waals surface area contributed by atoms with Gasteiger partial charge in [-0.3, -0.25) is 14.3 Å². The largest absolute Gasteiger partial charge is 0.389 e. The number of amides is 1. The number of hydrogen-bond acceptors (Lipinski definition) is 8. The molecule has 5 rings (SSSR count). The van der Waals surface area contributed by atoms with E-state index in [1.165, 1.54) is 6.20 Å². The first kappa shape index (κ1) is 24.0. The highest BCUT2D eigenvalue weighted by Gasteiger charge is 2.23. The van der Waals surface area contributed by atoms with Gasteiger partial charge in [0.15, 0.2) is 9.84 Å². The normalized spacial score (nSPS) is 15.2. The number of carbonyl (C=O) groups excluding carboxylic acids is 1. The summed E-state index contributed by atoms with van der Waals surface area (Å²) >= 11 is 0. The molecule has 0 aliphatic carbocycles. The molecule has 3 aromatic heterocycles. The van der Waals surface area contributed by atoms with Crippen LogP contribution in [0.2, 0.25) is 0 Å². The lowest BCUT2D eigenvalue weighted by atomic mass is 10.1. The third-order valence-corrected chi connectivity index (χ3v) is 7.25. The Labute approximate surface area is 208 Å². The number of benzene rings is 1. The maximum absolute atomic E-state index is 13.1. The molecule has 4 aromatic rings. The Morgan fingerprint density at radius 2 is 1.81 bits per heavy atom. The van der Waals surface area contributed by atoms with Crippen molar-refractivity contribution < 1.29 is 23.1 Å². The summed E-state index contributed by atoms with van der Waals surface area (Å²) in [6, 6.07) is 8.46. The third-order valence-electron chi connectivity index (χ3n) is 6.13. The molecule has 1 aliphatic rings. The van der Waals surface area contributed by atoms with Crippen LogP contribution in [0.25, 0.3) is 28.1 Å². The van der Waals surface area contributed by atoms with Crippen molar-refractivity contribution in [3.8, 4) is 17.2 Å². The summed E-state index contributed by atoms with van der Waals surface area (Å²) < 4.78 is 31.9. The van der Waals surface area contributed by atoms with Crippen molar-refractivity contribution in [3.63, 3.8) is 0 Å². The molecule has 0 saturated carbocycles. The minimum atomic E-state index is -3.56. The molecule has 1 unspecified atom stereocenters. The predicted octanol–water partition coefficient (Wildman–Crippen LogP) is 2.41. The van der Waals surface area contributed by atoms with Gasteiger partial charge in [-0.05, 0) is 36.8 Å². The van der Waals surface area contributed by atoms with Gasteiger partial charge in [-0.15, -0.1) is 0 Å². The molecule has 0 spiro atoms. The summed E-state index contributed by atoms with van der Waals surface area (Å²) in [4.78, 5) is 28.1. The third kappa shape index (κ3) is 4.60. The molecule has 1 amide bonds. The number of rotatable bonds is 5. The second-order valence-electron chi connectivity index (χ2n) is 8.69. The van der Waals surface area contributed by atoms with Crippen molar-refractivity contribution in [2.45, 2.75) is 17.9 Å². The molecular formula is C25H25N5O5S. The fraction of sp³-hybridized carbons (Fsp3) is 0.280. The van der Waals surface area contributed by atoms with Crippen LogP contribution in [0.4, 0.5) is 0 Å². The number of aliphatic hydroxyl groups is 1. The molecule has 1 fully saturated rings. The first-order chi connectivity index (χ1) is 17.2. The Morgan fingerprint density at radius 3 is 2.47 bits per heavy atom. The van der Waals surface area contributed by atoms with E-state index in [2.05, 4.69) is 15.0 Å². The molecule has 4 heterocycles. The predicted molar refractivity (Wildman–Crippen MR) is 133 cm³/mol. The lowest BCUT2D eigenvalue weighted by molar-refractivity contribution is 0.0303. The Hall–Kier alpha value is -3.67. The lowest BCUT2D eigenvalue weighted by Gasteiger charge is -2.26. The van der Waals surface area contributed by atoms with E-state index >= 15 is 0 Å². The summed E-state index contributed by atoms with van der Waals surface area (Å²) in [5.41, 5.74) is 2.92. The topological polar surface area (TPSA) is 128 Å². The van der Waals surface area contributed by atoms with E-state index < -0.39 is 15.9 Å². The summed E-state index contributed by atoms with van der Waals surface area (Å²) in [7, 11) is -3.56. The van der Waals surface area contributed by atoms with Gasteiger partial charge in [0, 0.05) is 60.6 Å². The zero-order valence-electron chi connectivity index (χ0n) is 19.8. The first-order valence-electron chi connectivity index (χ1n) is 11.4. The Bertz CT molecular complexity index is 1540. The van der Waals surface area contributed by atoms with Gasteiger partial charge >= 0.3 is 0 Å². The monoisotopic (exact) mass is 507 g/mol. The average molecular weight is 508 g/mol. The SMILES string of the molecule is CC(O)c1ccnc(-c2cnc(-n3cc(S(C)(=O)=O)c4ccc(C(=O)N5CCOCC5)cc43)nc2)c1. The first-order valence-corrected chi connectivity index (χ1v) is 13.3. The maximum atomic E-state index is 13.1. The van der Waals surface area contributed by atoms with Crippen molar-refractivity contribution >= 4 is 26.6 Å². The number of carbonyl (C=O) groups is 1. The molecule has 0 radical (unpaired) electrons. The summed E-state index contributed by atoms with van der Waals surface area (Å²) in [6.45, 7) is 3.64. The second kappa shape index (κ2) is 9.41. The van der Waals surface area contributed by atoms with Crippen LogP contribution in [0.15, 0.2) is 60.0 Å². The van der Waals surface area contributed by atoms with Crippen molar-refractivity contribution in [2.75, 3.05) is 32.6 Å². The van der Waals surface area contributed by atoms with Crippen LogP contribution < -0.4 is 0 Å². The Kier molecular flexibility index (Phi) is 6.29. The fourth-order valence-electron chi connectivity index (χ4n) is 4.18. The molecule has 0 bridgehead atoms. The van der Waals surface area contributed by atoms with E-state index in [1.54, 1.807) is 65.3 Å². The van der Waals surface area contributed by atoms with E-state index in [1.807, 2.05) is 0 Å². The van der Waals surface area contributed by atoms with Crippen molar-refractivity contribution in [1.82, 2.24) is 24.4 Å². The van der Waals surface area contributed by atoms with Crippen LogP contribution in [0.1, 0.15) is 28.9 Å². The number of fused-ring (bicyclic) bond motifs is 1. The van der Waals surface area contributed by atoms with E-state index in [4.69, 9.17) is 4.74 Å². The Morgan fingerprint density at radius 1 is 1.08 bits per heavy atom. The van der Waals surface area contributed by atoms with E-state index in [-0.39, 0.29) is 16.8 Å². The van der Waals surface area contributed by atoms with E-state index in [0.717, 1.165) is 11.8 Å². The highest BCUT2D eigenvalue weighted by Crippen LogP contribution is 2.29. The summed E-state index contributed by atoms with van der Waals surface area (Å²) in [6.07, 6.45) is 6.77. The number of ether oxygens (including phenoxy) is 1. The highest BCUT2D eigenvalue weighted by molar-refractivity contribution is 7.91. The van der Waals surface area contributed by atoms with Crippen molar-refractivity contribution in [3.05, 3.63) is 66.2 Å². The van der Waals surface area contributed by atoms with Gasteiger partial charge in [0.05, 0.1) is 35.4 Å². The molecule has 1 saturated heterocycles. The molecule has 11 heteroatoms. The molecule has 10 nitrogen and oxygen atoms in total. The molecular weight excluding hydrogens is 482 g/mol. The van der Waals surface area contributed by atoms with Gasteiger partial charge in [-0.25, -0.2) is 18.4 Å². The van der Waals surface area contributed by atoms with Crippen molar-refractivity contribution in [2.24, 2.45) is 0 Å². The number of aromatic nitrogens is 4. The highest BCUT2D eigenvalue weighted by atomic mass is 32.2. The number of sulfone groups is 1. The number of pyridine rings is 1. The summed E-state index contributed by atoms with van der Waals surface area (Å²) in [5, 5.41) is 10.3. The lowest BCUT2D eigenvalue weighted by Crippen LogP contribution is -2.40. The van der Waals surface area contributed by atoms with E-state index in [9.17, 15) is 18.3 Å². The molecule has 1 aliphatic heterocycles. The zero-order valence-corrected chi connectivity index (χ0v) is 20.6. The molecule has 36 heavy (non-hydrogen) atoms. The van der Waals surface area contributed by atoms with Crippen LogP contribution in [0.3, 0.4) is 0 Å². The van der Waals surface area contributed by atoms with E-state index in [0.29, 0.717) is 54.0 Å². The molecule has 186 valence electrons.